The average molecular weight is 340 g/mol. The zero-order chi connectivity index (χ0) is 17.6. The minimum atomic E-state index is -0.608. The van der Waals surface area contributed by atoms with E-state index >= 15 is 0 Å². The van der Waals surface area contributed by atoms with Gasteiger partial charge in [-0.1, -0.05) is 37.3 Å². The molecule has 0 amide bonds. The van der Waals surface area contributed by atoms with Crippen LogP contribution in [0.1, 0.15) is 24.1 Å². The van der Waals surface area contributed by atoms with Gasteiger partial charge < -0.3 is 9.72 Å². The van der Waals surface area contributed by atoms with E-state index in [9.17, 15) is 13.6 Å². The highest BCUT2D eigenvalue weighted by molar-refractivity contribution is 5.79. The van der Waals surface area contributed by atoms with Gasteiger partial charge in [0.1, 0.15) is 17.5 Å². The zero-order valence-corrected chi connectivity index (χ0v) is 13.3. The highest BCUT2D eigenvalue weighted by atomic mass is 19.1. The van der Waals surface area contributed by atoms with Crippen LogP contribution in [0.25, 0.3) is 11.4 Å². The summed E-state index contributed by atoms with van der Waals surface area (Å²) in [6.45, 7) is 1.77. The van der Waals surface area contributed by atoms with Crippen molar-refractivity contribution in [3.05, 3.63) is 71.4 Å². The predicted octanol–water partition coefficient (Wildman–Crippen LogP) is 4.04. The van der Waals surface area contributed by atoms with E-state index in [1.165, 1.54) is 0 Å². The Morgan fingerprint density at radius 3 is 2.64 bits per heavy atom. The number of aromatic nitrogens is 2. The van der Waals surface area contributed by atoms with Gasteiger partial charge >= 0.3 is 5.97 Å². The minimum Gasteiger partial charge on any atom is -0.405 e. The lowest BCUT2D eigenvalue weighted by Gasteiger charge is -2.26. The van der Waals surface area contributed by atoms with Gasteiger partial charge in [-0.05, 0) is 23.8 Å². The van der Waals surface area contributed by atoms with Crippen LogP contribution in [0.3, 0.4) is 0 Å². The topological polar surface area (TPSA) is 55.0 Å². The summed E-state index contributed by atoms with van der Waals surface area (Å²) in [6, 6.07) is 12.6. The van der Waals surface area contributed by atoms with E-state index in [1.807, 2.05) is 30.3 Å². The number of carbonyl (C=O) groups excluding carboxylic acids is 1. The molecule has 3 aromatic rings. The second-order valence-electron chi connectivity index (χ2n) is 6.03. The van der Waals surface area contributed by atoms with Crippen LogP contribution < -0.4 is 4.74 Å². The van der Waals surface area contributed by atoms with Crippen molar-refractivity contribution in [2.75, 3.05) is 0 Å². The smallest absolute Gasteiger partial charge is 0.316 e. The van der Waals surface area contributed by atoms with E-state index in [1.54, 1.807) is 6.92 Å². The number of carbonyl (C=O) groups is 1. The number of hydrogen-bond acceptors (Lipinski definition) is 3. The number of rotatable bonds is 2. The molecule has 1 N–H and O–H groups in total. The average Bonchev–Trinajstić information content (AvgIpc) is 3.02. The third-order valence-corrected chi connectivity index (χ3v) is 4.42. The van der Waals surface area contributed by atoms with Crippen LogP contribution in [0.2, 0.25) is 0 Å². The molecule has 1 aliphatic heterocycles. The lowest BCUT2D eigenvalue weighted by molar-refractivity contribution is -0.140. The number of ether oxygens (including phenoxy) is 1. The SMILES string of the molecule is C[C@@H]1C(=O)Oc2nc(-c3cc(F)ccc3F)[nH]c2[C@@H]1c1ccccc1. The van der Waals surface area contributed by atoms with Crippen molar-refractivity contribution >= 4 is 5.97 Å². The monoisotopic (exact) mass is 340 g/mol. The van der Waals surface area contributed by atoms with Gasteiger partial charge in [-0.15, -0.1) is 0 Å². The molecule has 1 aromatic heterocycles. The first-order chi connectivity index (χ1) is 12.0. The number of benzene rings is 2. The highest BCUT2D eigenvalue weighted by Gasteiger charge is 2.38. The Morgan fingerprint density at radius 1 is 1.12 bits per heavy atom. The van der Waals surface area contributed by atoms with E-state index in [0.717, 1.165) is 23.8 Å². The fraction of sp³-hybridized carbons (Fsp3) is 0.158. The molecule has 0 bridgehead atoms. The molecular formula is C19H14F2N2O2. The number of nitrogens with one attached hydrogen (secondary N) is 1. The summed E-state index contributed by atoms with van der Waals surface area (Å²) in [6.07, 6.45) is 0. The molecule has 0 radical (unpaired) electrons. The fourth-order valence-electron chi connectivity index (χ4n) is 3.16. The van der Waals surface area contributed by atoms with Crippen molar-refractivity contribution in [1.82, 2.24) is 9.97 Å². The number of hydrogen-bond donors (Lipinski definition) is 1. The summed E-state index contributed by atoms with van der Waals surface area (Å²) in [5, 5.41) is 0. The molecule has 1 aliphatic rings. The molecule has 126 valence electrons. The molecule has 4 rings (SSSR count). The predicted molar refractivity (Wildman–Crippen MR) is 87.0 cm³/mol. The first-order valence-electron chi connectivity index (χ1n) is 7.86. The van der Waals surface area contributed by atoms with Crippen LogP contribution in [-0.2, 0) is 4.79 Å². The summed E-state index contributed by atoms with van der Waals surface area (Å²) in [5.41, 5.74) is 1.49. The molecule has 25 heavy (non-hydrogen) atoms. The molecule has 4 nitrogen and oxygen atoms in total. The molecular weight excluding hydrogens is 326 g/mol. The van der Waals surface area contributed by atoms with E-state index in [0.29, 0.717) is 5.69 Å². The van der Waals surface area contributed by atoms with E-state index < -0.39 is 23.5 Å². The van der Waals surface area contributed by atoms with Gasteiger partial charge in [0.2, 0.25) is 5.88 Å². The molecule has 0 saturated carbocycles. The van der Waals surface area contributed by atoms with Crippen LogP contribution in [-0.4, -0.2) is 15.9 Å². The Kier molecular flexibility index (Phi) is 3.60. The van der Waals surface area contributed by atoms with Crippen LogP contribution >= 0.6 is 0 Å². The number of fused-ring (bicyclic) bond motifs is 1. The third kappa shape index (κ3) is 2.59. The Bertz CT molecular complexity index is 953. The summed E-state index contributed by atoms with van der Waals surface area (Å²) < 4.78 is 32.8. The lowest BCUT2D eigenvalue weighted by Crippen LogP contribution is -2.30. The minimum absolute atomic E-state index is 0.00934. The first kappa shape index (κ1) is 15.5. The summed E-state index contributed by atoms with van der Waals surface area (Å²) in [7, 11) is 0. The van der Waals surface area contributed by atoms with E-state index in [2.05, 4.69) is 9.97 Å². The van der Waals surface area contributed by atoms with Crippen molar-refractivity contribution in [1.29, 1.82) is 0 Å². The fourth-order valence-corrected chi connectivity index (χ4v) is 3.16. The quantitative estimate of drug-likeness (QED) is 0.716. The third-order valence-electron chi connectivity index (χ3n) is 4.42. The normalized spacial score (nSPS) is 19.4. The summed E-state index contributed by atoms with van der Waals surface area (Å²) in [4.78, 5) is 19.4. The number of aromatic amines is 1. The summed E-state index contributed by atoms with van der Waals surface area (Å²) >= 11 is 0. The van der Waals surface area contributed by atoms with Gasteiger partial charge in [0.05, 0.1) is 17.2 Å². The second-order valence-corrected chi connectivity index (χ2v) is 6.03. The molecule has 0 saturated heterocycles. The van der Waals surface area contributed by atoms with Gasteiger partial charge in [-0.2, -0.15) is 4.98 Å². The molecule has 0 fully saturated rings. The maximum atomic E-state index is 14.1. The number of esters is 1. The molecule has 2 aromatic carbocycles. The molecule has 0 unspecified atom stereocenters. The zero-order valence-electron chi connectivity index (χ0n) is 13.3. The lowest BCUT2D eigenvalue weighted by atomic mass is 9.83. The van der Waals surface area contributed by atoms with Gasteiger partial charge in [0.15, 0.2) is 0 Å². The number of halogens is 2. The van der Waals surface area contributed by atoms with E-state index in [4.69, 9.17) is 4.74 Å². The van der Waals surface area contributed by atoms with Crippen molar-refractivity contribution in [3.63, 3.8) is 0 Å². The first-order valence-corrected chi connectivity index (χ1v) is 7.86. The van der Waals surface area contributed by atoms with Crippen LogP contribution in [0.4, 0.5) is 8.78 Å². The number of imidazole rings is 1. The molecule has 0 aliphatic carbocycles. The van der Waals surface area contributed by atoms with Crippen molar-refractivity contribution in [3.8, 4) is 17.3 Å². The number of H-pyrrole nitrogens is 1. The Morgan fingerprint density at radius 2 is 1.88 bits per heavy atom. The largest absolute Gasteiger partial charge is 0.405 e. The molecule has 2 heterocycles. The molecule has 2 atom stereocenters. The number of nitrogens with zero attached hydrogens (tertiary/aromatic N) is 1. The van der Waals surface area contributed by atoms with Gasteiger partial charge in [0.25, 0.3) is 0 Å². The maximum Gasteiger partial charge on any atom is 0.316 e. The molecule has 6 heteroatoms. The van der Waals surface area contributed by atoms with Crippen LogP contribution in [0.5, 0.6) is 5.88 Å². The van der Waals surface area contributed by atoms with Gasteiger partial charge in [0, 0.05) is 5.92 Å². The van der Waals surface area contributed by atoms with Crippen molar-refractivity contribution in [2.45, 2.75) is 12.8 Å². The Balaban J connectivity index is 1.86. The standard InChI is InChI=1S/C19H14F2N2O2/c1-10-15(11-5-3-2-4-6-11)16-18(25-19(10)24)23-17(22-16)13-9-12(20)7-8-14(13)21/h2-10,15H,1H3,(H,22,23)/t10-,15-/m0/s1. The summed E-state index contributed by atoms with van der Waals surface area (Å²) in [5.74, 6) is -2.07. The Labute approximate surface area is 142 Å². The van der Waals surface area contributed by atoms with Gasteiger partial charge in [-0.3, -0.25) is 4.79 Å². The molecule has 0 spiro atoms. The highest BCUT2D eigenvalue weighted by Crippen LogP contribution is 2.41. The van der Waals surface area contributed by atoms with Crippen molar-refractivity contribution in [2.24, 2.45) is 5.92 Å². The second kappa shape index (κ2) is 5.81. The van der Waals surface area contributed by atoms with Crippen LogP contribution in [0.15, 0.2) is 48.5 Å². The van der Waals surface area contributed by atoms with Crippen LogP contribution in [0, 0.1) is 17.6 Å². The van der Waals surface area contributed by atoms with E-state index in [-0.39, 0.29) is 23.2 Å². The van der Waals surface area contributed by atoms with Crippen molar-refractivity contribution < 1.29 is 18.3 Å². The maximum absolute atomic E-state index is 14.1. The Hall–Kier alpha value is -3.02. The van der Waals surface area contributed by atoms with Gasteiger partial charge in [-0.25, -0.2) is 8.78 Å².